The van der Waals surface area contributed by atoms with Crippen LogP contribution in [0, 0.1) is 16.7 Å². The molecule has 3 aromatic carbocycles. The van der Waals surface area contributed by atoms with E-state index >= 15 is 0 Å². The zero-order chi connectivity index (χ0) is 29.4. The second-order valence-electron chi connectivity index (χ2n) is 9.06. The van der Waals surface area contributed by atoms with Crippen molar-refractivity contribution < 1.29 is 27.9 Å². The molecular weight excluding hydrogens is 610 g/mol. The number of carbonyl (C=O) groups is 3. The molecule has 8 nitrogen and oxygen atoms in total. The van der Waals surface area contributed by atoms with Crippen molar-refractivity contribution in [3.8, 4) is 11.8 Å². The van der Waals surface area contributed by atoms with Crippen molar-refractivity contribution in [2.45, 2.75) is 26.8 Å². The monoisotopic (exact) mass is 632 g/mol. The fraction of sp³-hybridized carbons (Fsp3) is 0.214. The molecule has 0 aliphatic heterocycles. The molecule has 0 unspecified atom stereocenters. The number of nitrogens with one attached hydrogen (secondary N) is 3. The van der Waals surface area contributed by atoms with Crippen LogP contribution in [0.5, 0.6) is 5.75 Å². The number of alkyl halides is 2. The Balaban J connectivity index is 1.82. The zero-order valence-electron chi connectivity index (χ0n) is 21.4. The second-order valence-corrected chi connectivity index (χ2v) is 10.4. The largest absolute Gasteiger partial charge is 0.487 e. The third kappa shape index (κ3) is 8.24. The minimum atomic E-state index is -2.76. The minimum absolute atomic E-state index is 0.0535. The van der Waals surface area contributed by atoms with E-state index in [1.54, 1.807) is 30.3 Å². The average Bonchev–Trinajstić information content (AvgIpc) is 2.92. The molecule has 0 saturated carbocycles. The lowest BCUT2D eigenvalue weighted by Gasteiger charge is -2.16. The van der Waals surface area contributed by atoms with Crippen LogP contribution < -0.4 is 20.7 Å². The van der Waals surface area contributed by atoms with E-state index in [0.29, 0.717) is 11.3 Å². The standard InChI is InChI=1S/C28H24BrClF2N4O4/c1-28(2,15-33)27(39)34-13-16-3-9-22(30)20(11-16)25(37)36-19-8-10-23(40-14-24(31)32)21(12-19)26(38)35-18-6-4-17(29)5-7-18/h3-12,24H,13-14H2,1-2H3,(H,34,39)(H,35,38)(H,36,37). The molecule has 0 saturated heterocycles. The molecule has 0 radical (unpaired) electrons. The first kappa shape index (κ1) is 30.5. The van der Waals surface area contributed by atoms with Gasteiger partial charge in [-0.3, -0.25) is 14.4 Å². The van der Waals surface area contributed by atoms with Crippen molar-refractivity contribution in [1.29, 1.82) is 5.26 Å². The summed E-state index contributed by atoms with van der Waals surface area (Å²) >= 11 is 9.55. The fourth-order valence-corrected chi connectivity index (χ4v) is 3.77. The highest BCUT2D eigenvalue weighted by atomic mass is 79.9. The first-order valence-corrected chi connectivity index (χ1v) is 13.0. The first-order valence-electron chi connectivity index (χ1n) is 11.8. The van der Waals surface area contributed by atoms with Crippen LogP contribution in [-0.4, -0.2) is 30.8 Å². The quantitative estimate of drug-likeness (QED) is 0.238. The molecule has 40 heavy (non-hydrogen) atoms. The number of halogens is 4. The highest BCUT2D eigenvalue weighted by molar-refractivity contribution is 9.10. The molecule has 0 atom stereocenters. The van der Waals surface area contributed by atoms with Gasteiger partial charge >= 0.3 is 0 Å². The number of hydrogen-bond acceptors (Lipinski definition) is 5. The van der Waals surface area contributed by atoms with E-state index in [-0.39, 0.29) is 34.1 Å². The number of ether oxygens (including phenoxy) is 1. The Bertz CT molecular complexity index is 1460. The number of hydrogen-bond donors (Lipinski definition) is 3. The van der Waals surface area contributed by atoms with Crippen LogP contribution in [0.2, 0.25) is 5.02 Å². The van der Waals surface area contributed by atoms with Crippen molar-refractivity contribution in [2.24, 2.45) is 5.41 Å². The summed E-state index contributed by atoms with van der Waals surface area (Å²) in [6.07, 6.45) is -2.76. The number of carbonyl (C=O) groups excluding carboxylic acids is 3. The number of nitriles is 1. The van der Waals surface area contributed by atoms with Gasteiger partial charge in [-0.1, -0.05) is 33.6 Å². The molecule has 0 aliphatic rings. The van der Waals surface area contributed by atoms with E-state index in [1.807, 2.05) is 6.07 Å². The van der Waals surface area contributed by atoms with Gasteiger partial charge in [-0.15, -0.1) is 0 Å². The average molecular weight is 634 g/mol. The van der Waals surface area contributed by atoms with E-state index in [1.165, 1.54) is 44.2 Å². The van der Waals surface area contributed by atoms with Crippen LogP contribution in [-0.2, 0) is 11.3 Å². The highest BCUT2D eigenvalue weighted by Crippen LogP contribution is 2.27. The van der Waals surface area contributed by atoms with Gasteiger partial charge in [0.1, 0.15) is 17.8 Å². The summed E-state index contributed by atoms with van der Waals surface area (Å²) in [5, 5.41) is 17.2. The molecule has 3 N–H and O–H groups in total. The molecule has 0 aliphatic carbocycles. The third-order valence-electron chi connectivity index (χ3n) is 5.52. The lowest BCUT2D eigenvalue weighted by Crippen LogP contribution is -2.35. The maximum Gasteiger partial charge on any atom is 0.272 e. The predicted octanol–water partition coefficient (Wildman–Crippen LogP) is 6.42. The van der Waals surface area contributed by atoms with Crippen LogP contribution in [0.15, 0.2) is 65.1 Å². The normalized spacial score (nSPS) is 10.9. The highest BCUT2D eigenvalue weighted by Gasteiger charge is 2.27. The van der Waals surface area contributed by atoms with Crippen LogP contribution in [0.25, 0.3) is 0 Å². The number of rotatable bonds is 10. The zero-order valence-corrected chi connectivity index (χ0v) is 23.7. The SMILES string of the molecule is CC(C)(C#N)C(=O)NCc1ccc(Cl)c(C(=O)Nc2ccc(OCC(F)F)c(C(=O)Nc3ccc(Br)cc3)c2)c1. The summed E-state index contributed by atoms with van der Waals surface area (Å²) < 4.78 is 31.5. The summed E-state index contributed by atoms with van der Waals surface area (Å²) in [5.74, 6) is -1.82. The Morgan fingerprint density at radius 3 is 2.25 bits per heavy atom. The van der Waals surface area contributed by atoms with Crippen LogP contribution >= 0.6 is 27.5 Å². The molecule has 3 amide bonds. The Morgan fingerprint density at radius 2 is 1.60 bits per heavy atom. The molecule has 0 bridgehead atoms. The third-order valence-corrected chi connectivity index (χ3v) is 6.38. The van der Waals surface area contributed by atoms with Gasteiger partial charge in [0.2, 0.25) is 5.91 Å². The predicted molar refractivity (Wildman–Crippen MR) is 151 cm³/mol. The smallest absolute Gasteiger partial charge is 0.272 e. The summed E-state index contributed by atoms with van der Waals surface area (Å²) in [6, 6.07) is 17.2. The van der Waals surface area contributed by atoms with E-state index < -0.39 is 36.2 Å². The maximum absolute atomic E-state index is 13.1. The summed E-state index contributed by atoms with van der Waals surface area (Å²) in [7, 11) is 0. The minimum Gasteiger partial charge on any atom is -0.487 e. The van der Waals surface area contributed by atoms with Crippen molar-refractivity contribution in [1.82, 2.24) is 5.32 Å². The molecule has 3 aromatic rings. The number of amides is 3. The molecule has 0 aromatic heterocycles. The molecule has 0 spiro atoms. The first-order chi connectivity index (χ1) is 18.9. The van der Waals surface area contributed by atoms with Crippen LogP contribution in [0.3, 0.4) is 0 Å². The van der Waals surface area contributed by atoms with Gasteiger partial charge < -0.3 is 20.7 Å². The van der Waals surface area contributed by atoms with Gasteiger partial charge in [-0.25, -0.2) is 8.78 Å². The van der Waals surface area contributed by atoms with E-state index in [9.17, 15) is 23.2 Å². The lowest BCUT2D eigenvalue weighted by atomic mass is 9.94. The number of nitrogens with zero attached hydrogens (tertiary/aromatic N) is 1. The number of anilines is 2. The summed E-state index contributed by atoms with van der Waals surface area (Å²) in [4.78, 5) is 38.3. The molecule has 0 heterocycles. The van der Waals surface area contributed by atoms with Gasteiger partial charge in [-0.2, -0.15) is 5.26 Å². The molecule has 0 fully saturated rings. The Kier molecular flexibility index (Phi) is 10.2. The van der Waals surface area contributed by atoms with Crippen molar-refractivity contribution in [3.05, 3.63) is 86.8 Å². The van der Waals surface area contributed by atoms with E-state index in [0.717, 1.165) is 4.47 Å². The summed E-state index contributed by atoms with van der Waals surface area (Å²) in [5.41, 5.74) is -0.0193. The Morgan fingerprint density at radius 1 is 0.975 bits per heavy atom. The van der Waals surface area contributed by atoms with Gasteiger partial charge in [0.05, 0.1) is 22.2 Å². The van der Waals surface area contributed by atoms with E-state index in [4.69, 9.17) is 21.6 Å². The fourth-order valence-electron chi connectivity index (χ4n) is 3.30. The topological polar surface area (TPSA) is 120 Å². The Labute approximate surface area is 242 Å². The van der Waals surface area contributed by atoms with Gasteiger partial charge in [0, 0.05) is 22.4 Å². The van der Waals surface area contributed by atoms with Gasteiger partial charge in [-0.05, 0) is 74.0 Å². The van der Waals surface area contributed by atoms with Gasteiger partial charge in [0.15, 0.2) is 0 Å². The van der Waals surface area contributed by atoms with Crippen LogP contribution in [0.1, 0.15) is 40.1 Å². The van der Waals surface area contributed by atoms with Crippen LogP contribution in [0.4, 0.5) is 20.2 Å². The maximum atomic E-state index is 13.1. The van der Waals surface area contributed by atoms with E-state index in [2.05, 4.69) is 31.9 Å². The van der Waals surface area contributed by atoms with Crippen molar-refractivity contribution in [3.63, 3.8) is 0 Å². The van der Waals surface area contributed by atoms with Crippen molar-refractivity contribution >= 4 is 56.6 Å². The van der Waals surface area contributed by atoms with Crippen molar-refractivity contribution in [2.75, 3.05) is 17.2 Å². The summed E-state index contributed by atoms with van der Waals surface area (Å²) in [6.45, 7) is 2.10. The number of benzene rings is 3. The molecule has 12 heteroatoms. The Hall–Kier alpha value is -4.01. The lowest BCUT2D eigenvalue weighted by molar-refractivity contribution is -0.126. The van der Waals surface area contributed by atoms with Gasteiger partial charge in [0.25, 0.3) is 18.2 Å². The molecule has 208 valence electrons. The molecule has 3 rings (SSSR count). The second kappa shape index (κ2) is 13.4. The molecular formula is C28H24BrClF2N4O4.